The summed E-state index contributed by atoms with van der Waals surface area (Å²) in [4.78, 5) is 14.2. The third-order valence-corrected chi connectivity index (χ3v) is 5.10. The predicted octanol–water partition coefficient (Wildman–Crippen LogP) is 0.605. The molecule has 2 heterocycles. The van der Waals surface area contributed by atoms with Gasteiger partial charge in [-0.15, -0.1) is 0 Å². The molecule has 3 aliphatic rings. The largest absolute Gasteiger partial charge is 0.393 e. The van der Waals surface area contributed by atoms with Gasteiger partial charge < -0.3 is 15.3 Å². The fraction of sp³-hybridized carbons (Fsp3) is 0.929. The van der Waals surface area contributed by atoms with Crippen molar-refractivity contribution in [3.8, 4) is 0 Å². The van der Waals surface area contributed by atoms with Crippen molar-refractivity contribution in [2.45, 2.75) is 38.2 Å². The summed E-state index contributed by atoms with van der Waals surface area (Å²) in [6.45, 7) is 3.88. The van der Waals surface area contributed by atoms with Crippen LogP contribution in [0.2, 0.25) is 0 Å². The standard InChI is InChI=1S/C14H24N2O2/c17-13-3-2-11-8-16(9-12(11)13)14(18)4-1-10-5-6-15-7-10/h10-13,15,17H,1-9H2. The molecule has 0 spiro atoms. The number of carbonyl (C=O) groups is 1. The quantitative estimate of drug-likeness (QED) is 0.773. The molecular weight excluding hydrogens is 228 g/mol. The second-order valence-corrected chi connectivity index (χ2v) is 6.26. The lowest BCUT2D eigenvalue weighted by Gasteiger charge is -2.19. The molecule has 2 N–H and O–H groups in total. The smallest absolute Gasteiger partial charge is 0.222 e. The summed E-state index contributed by atoms with van der Waals surface area (Å²) in [5, 5.41) is 13.2. The lowest BCUT2D eigenvalue weighted by atomic mass is 10.00. The first-order valence-corrected chi connectivity index (χ1v) is 7.40. The van der Waals surface area contributed by atoms with Crippen molar-refractivity contribution in [2.75, 3.05) is 26.2 Å². The summed E-state index contributed by atoms with van der Waals surface area (Å²) in [5.41, 5.74) is 0. The number of carbonyl (C=O) groups excluding carboxylic acids is 1. The number of nitrogens with zero attached hydrogens (tertiary/aromatic N) is 1. The molecule has 2 aliphatic heterocycles. The number of likely N-dealkylation sites (tertiary alicyclic amines) is 1. The molecule has 1 aliphatic carbocycles. The van der Waals surface area contributed by atoms with Crippen molar-refractivity contribution >= 4 is 5.91 Å². The van der Waals surface area contributed by atoms with Crippen LogP contribution in [0.5, 0.6) is 0 Å². The Labute approximate surface area is 109 Å². The number of hydrogen-bond acceptors (Lipinski definition) is 3. The number of aliphatic hydroxyl groups excluding tert-OH is 1. The minimum atomic E-state index is -0.160. The molecule has 0 aromatic rings. The van der Waals surface area contributed by atoms with Crippen molar-refractivity contribution in [2.24, 2.45) is 17.8 Å². The summed E-state index contributed by atoms with van der Waals surface area (Å²) in [6.07, 6.45) is 4.82. The highest BCUT2D eigenvalue weighted by Crippen LogP contribution is 2.38. The van der Waals surface area contributed by atoms with Crippen LogP contribution in [0, 0.1) is 17.8 Å². The van der Waals surface area contributed by atoms with Gasteiger partial charge in [0.05, 0.1) is 6.10 Å². The van der Waals surface area contributed by atoms with Gasteiger partial charge in [0, 0.05) is 25.4 Å². The van der Waals surface area contributed by atoms with Crippen LogP contribution in [0.15, 0.2) is 0 Å². The molecule has 0 radical (unpaired) electrons. The maximum atomic E-state index is 12.2. The molecule has 4 atom stereocenters. The Bertz CT molecular complexity index is 315. The molecule has 4 unspecified atom stereocenters. The van der Waals surface area contributed by atoms with Crippen LogP contribution in [0.1, 0.15) is 32.1 Å². The maximum absolute atomic E-state index is 12.2. The molecular formula is C14H24N2O2. The summed E-state index contributed by atoms with van der Waals surface area (Å²) < 4.78 is 0. The minimum Gasteiger partial charge on any atom is -0.393 e. The predicted molar refractivity (Wildman–Crippen MR) is 69.0 cm³/mol. The molecule has 0 aromatic carbocycles. The van der Waals surface area contributed by atoms with Gasteiger partial charge in [-0.05, 0) is 50.6 Å². The molecule has 4 nitrogen and oxygen atoms in total. The van der Waals surface area contributed by atoms with Crippen molar-refractivity contribution in [3.63, 3.8) is 0 Å². The van der Waals surface area contributed by atoms with E-state index in [9.17, 15) is 9.90 Å². The Hall–Kier alpha value is -0.610. The van der Waals surface area contributed by atoms with Crippen LogP contribution in [0.4, 0.5) is 0 Å². The number of amides is 1. The van der Waals surface area contributed by atoms with E-state index in [1.807, 2.05) is 4.90 Å². The van der Waals surface area contributed by atoms with Crippen molar-refractivity contribution < 1.29 is 9.90 Å². The van der Waals surface area contributed by atoms with Gasteiger partial charge in [0.2, 0.25) is 5.91 Å². The van der Waals surface area contributed by atoms with E-state index in [1.54, 1.807) is 0 Å². The van der Waals surface area contributed by atoms with Crippen molar-refractivity contribution in [1.82, 2.24) is 10.2 Å². The molecule has 4 heteroatoms. The number of rotatable bonds is 3. The first-order chi connectivity index (χ1) is 8.74. The molecule has 2 saturated heterocycles. The molecule has 18 heavy (non-hydrogen) atoms. The van der Waals surface area contributed by atoms with Crippen LogP contribution in [0.3, 0.4) is 0 Å². The van der Waals surface area contributed by atoms with Crippen LogP contribution < -0.4 is 5.32 Å². The third kappa shape index (κ3) is 2.41. The van der Waals surface area contributed by atoms with Crippen LogP contribution in [-0.4, -0.2) is 48.2 Å². The summed E-state index contributed by atoms with van der Waals surface area (Å²) >= 11 is 0. The minimum absolute atomic E-state index is 0.160. The Kier molecular flexibility index (Phi) is 3.57. The highest BCUT2D eigenvalue weighted by molar-refractivity contribution is 5.76. The van der Waals surface area contributed by atoms with E-state index in [0.717, 1.165) is 45.4 Å². The van der Waals surface area contributed by atoms with E-state index in [1.165, 1.54) is 6.42 Å². The third-order valence-electron chi connectivity index (χ3n) is 5.10. The SMILES string of the molecule is O=C(CCC1CCNC1)N1CC2CCC(O)C2C1. The Morgan fingerprint density at radius 2 is 2.17 bits per heavy atom. The zero-order valence-corrected chi connectivity index (χ0v) is 11.0. The molecule has 1 saturated carbocycles. The van der Waals surface area contributed by atoms with E-state index in [-0.39, 0.29) is 6.10 Å². The van der Waals surface area contributed by atoms with Gasteiger partial charge in [-0.3, -0.25) is 4.79 Å². The van der Waals surface area contributed by atoms with E-state index in [4.69, 9.17) is 0 Å². The fourth-order valence-corrected chi connectivity index (χ4v) is 3.89. The lowest BCUT2D eigenvalue weighted by Crippen LogP contribution is -2.31. The summed E-state index contributed by atoms with van der Waals surface area (Å²) in [7, 11) is 0. The number of aliphatic hydroxyl groups is 1. The maximum Gasteiger partial charge on any atom is 0.222 e. The Morgan fingerprint density at radius 3 is 2.89 bits per heavy atom. The van der Waals surface area contributed by atoms with E-state index in [0.29, 0.717) is 30.1 Å². The van der Waals surface area contributed by atoms with Gasteiger partial charge in [-0.1, -0.05) is 0 Å². The number of hydrogen-bond donors (Lipinski definition) is 2. The van der Waals surface area contributed by atoms with Gasteiger partial charge in [0.1, 0.15) is 0 Å². The van der Waals surface area contributed by atoms with E-state index in [2.05, 4.69) is 5.32 Å². The number of nitrogens with one attached hydrogen (secondary N) is 1. The van der Waals surface area contributed by atoms with E-state index >= 15 is 0 Å². The van der Waals surface area contributed by atoms with Gasteiger partial charge >= 0.3 is 0 Å². The number of fused-ring (bicyclic) bond motifs is 1. The zero-order chi connectivity index (χ0) is 12.5. The van der Waals surface area contributed by atoms with Crippen molar-refractivity contribution in [1.29, 1.82) is 0 Å². The lowest BCUT2D eigenvalue weighted by molar-refractivity contribution is -0.130. The van der Waals surface area contributed by atoms with E-state index < -0.39 is 0 Å². The molecule has 0 aromatic heterocycles. The second-order valence-electron chi connectivity index (χ2n) is 6.26. The first-order valence-electron chi connectivity index (χ1n) is 7.40. The molecule has 3 fully saturated rings. The van der Waals surface area contributed by atoms with Crippen LogP contribution in [-0.2, 0) is 4.79 Å². The molecule has 0 bridgehead atoms. The average molecular weight is 252 g/mol. The van der Waals surface area contributed by atoms with Gasteiger partial charge in [-0.2, -0.15) is 0 Å². The monoisotopic (exact) mass is 252 g/mol. The van der Waals surface area contributed by atoms with Gasteiger partial charge in [0.25, 0.3) is 0 Å². The normalized spacial score (nSPS) is 39.3. The van der Waals surface area contributed by atoms with Gasteiger partial charge in [0.15, 0.2) is 0 Å². The zero-order valence-electron chi connectivity index (χ0n) is 11.0. The highest BCUT2D eigenvalue weighted by Gasteiger charge is 2.43. The fourth-order valence-electron chi connectivity index (χ4n) is 3.89. The summed E-state index contributed by atoms with van der Waals surface area (Å²) in [6, 6.07) is 0. The molecule has 3 rings (SSSR count). The Balaban J connectivity index is 1.46. The highest BCUT2D eigenvalue weighted by atomic mass is 16.3. The molecule has 102 valence electrons. The molecule has 1 amide bonds. The summed E-state index contributed by atoms with van der Waals surface area (Å²) in [5.74, 6) is 1.93. The van der Waals surface area contributed by atoms with Crippen LogP contribution in [0.25, 0.3) is 0 Å². The van der Waals surface area contributed by atoms with Gasteiger partial charge in [-0.25, -0.2) is 0 Å². The Morgan fingerprint density at radius 1 is 1.28 bits per heavy atom. The van der Waals surface area contributed by atoms with Crippen molar-refractivity contribution in [3.05, 3.63) is 0 Å². The topological polar surface area (TPSA) is 52.6 Å². The first kappa shape index (κ1) is 12.4. The average Bonchev–Trinajstić information content (AvgIpc) is 3.05. The van der Waals surface area contributed by atoms with Crippen LogP contribution >= 0.6 is 0 Å². The second kappa shape index (κ2) is 5.17.